The van der Waals surface area contributed by atoms with E-state index in [4.69, 9.17) is 10.8 Å². The summed E-state index contributed by atoms with van der Waals surface area (Å²) in [5.74, 6) is -1.67. The van der Waals surface area contributed by atoms with Crippen LogP contribution in [0.2, 0.25) is 0 Å². The van der Waals surface area contributed by atoms with Gasteiger partial charge < -0.3 is 10.8 Å². The molecule has 1 unspecified atom stereocenters. The van der Waals surface area contributed by atoms with Crippen LogP contribution in [-0.2, 0) is 0 Å². The molecule has 1 aromatic carbocycles. The van der Waals surface area contributed by atoms with E-state index in [1.807, 2.05) is 6.92 Å². The summed E-state index contributed by atoms with van der Waals surface area (Å²) in [4.78, 5) is 10.6. The van der Waals surface area contributed by atoms with E-state index in [2.05, 4.69) is 0 Å². The van der Waals surface area contributed by atoms with Crippen molar-refractivity contribution in [3.8, 4) is 0 Å². The standard InChI is InChI=1S/C12H16FNO2/c1-2-3-4-11(14)9-6-5-8(12(15)16)7-10(9)13/h5-7,11H,2-4,14H2,1H3,(H,15,16). The number of carbonyl (C=O) groups is 1. The van der Waals surface area contributed by atoms with E-state index in [0.717, 1.165) is 18.9 Å². The first-order chi connectivity index (χ1) is 7.56. The number of halogens is 1. The van der Waals surface area contributed by atoms with Crippen LogP contribution >= 0.6 is 0 Å². The highest BCUT2D eigenvalue weighted by atomic mass is 19.1. The van der Waals surface area contributed by atoms with Crippen LogP contribution in [0.1, 0.15) is 48.1 Å². The van der Waals surface area contributed by atoms with Crippen molar-refractivity contribution in [2.75, 3.05) is 0 Å². The van der Waals surface area contributed by atoms with Gasteiger partial charge in [0.25, 0.3) is 0 Å². The first kappa shape index (κ1) is 12.6. The normalized spacial score (nSPS) is 12.4. The van der Waals surface area contributed by atoms with Gasteiger partial charge >= 0.3 is 5.97 Å². The Morgan fingerprint density at radius 2 is 2.25 bits per heavy atom. The third-order valence-corrected chi connectivity index (χ3v) is 2.52. The van der Waals surface area contributed by atoms with E-state index in [1.165, 1.54) is 12.1 Å². The van der Waals surface area contributed by atoms with E-state index in [-0.39, 0.29) is 11.6 Å². The highest BCUT2D eigenvalue weighted by Gasteiger charge is 2.13. The maximum atomic E-state index is 13.5. The molecule has 1 atom stereocenters. The number of rotatable bonds is 5. The van der Waals surface area contributed by atoms with Crippen LogP contribution < -0.4 is 5.73 Å². The van der Waals surface area contributed by atoms with Crippen molar-refractivity contribution in [3.63, 3.8) is 0 Å². The van der Waals surface area contributed by atoms with Crippen LogP contribution in [0.5, 0.6) is 0 Å². The zero-order chi connectivity index (χ0) is 12.1. The van der Waals surface area contributed by atoms with E-state index < -0.39 is 11.8 Å². The van der Waals surface area contributed by atoms with Crippen molar-refractivity contribution < 1.29 is 14.3 Å². The Bertz CT molecular complexity index is 379. The molecule has 1 aromatic rings. The molecular weight excluding hydrogens is 209 g/mol. The molecule has 0 fully saturated rings. The molecule has 0 radical (unpaired) electrons. The van der Waals surface area contributed by atoms with Crippen molar-refractivity contribution in [3.05, 3.63) is 35.1 Å². The van der Waals surface area contributed by atoms with Crippen LogP contribution in [0.25, 0.3) is 0 Å². The van der Waals surface area contributed by atoms with E-state index >= 15 is 0 Å². The van der Waals surface area contributed by atoms with Gasteiger partial charge in [0, 0.05) is 11.6 Å². The molecule has 0 aliphatic heterocycles. The van der Waals surface area contributed by atoms with Crippen LogP contribution in [-0.4, -0.2) is 11.1 Å². The molecule has 0 aliphatic rings. The Kier molecular flexibility index (Phi) is 4.43. The molecule has 0 bridgehead atoms. The predicted molar refractivity (Wildman–Crippen MR) is 59.8 cm³/mol. The smallest absolute Gasteiger partial charge is 0.335 e. The molecule has 3 N–H and O–H groups in total. The molecule has 16 heavy (non-hydrogen) atoms. The molecule has 0 amide bonds. The lowest BCUT2D eigenvalue weighted by atomic mass is 10.00. The van der Waals surface area contributed by atoms with Gasteiger partial charge in [-0.15, -0.1) is 0 Å². The third-order valence-electron chi connectivity index (χ3n) is 2.52. The molecule has 88 valence electrons. The summed E-state index contributed by atoms with van der Waals surface area (Å²) in [7, 11) is 0. The monoisotopic (exact) mass is 225 g/mol. The number of hydrogen-bond acceptors (Lipinski definition) is 2. The minimum absolute atomic E-state index is 0.0519. The fraction of sp³-hybridized carbons (Fsp3) is 0.417. The second kappa shape index (κ2) is 5.61. The zero-order valence-electron chi connectivity index (χ0n) is 9.24. The Labute approximate surface area is 94.1 Å². The van der Waals surface area contributed by atoms with Gasteiger partial charge in [-0.25, -0.2) is 9.18 Å². The van der Waals surface area contributed by atoms with Crippen molar-refractivity contribution in [1.29, 1.82) is 0 Å². The minimum Gasteiger partial charge on any atom is -0.478 e. The molecule has 3 nitrogen and oxygen atoms in total. The van der Waals surface area contributed by atoms with Gasteiger partial charge in [-0.3, -0.25) is 0 Å². The van der Waals surface area contributed by atoms with Gasteiger partial charge in [-0.05, 0) is 18.6 Å². The molecule has 4 heteroatoms. The molecule has 0 aliphatic carbocycles. The minimum atomic E-state index is -1.13. The molecule has 1 rings (SSSR count). The molecule has 0 saturated heterocycles. The van der Waals surface area contributed by atoms with Gasteiger partial charge in [0.15, 0.2) is 0 Å². The molecule has 0 spiro atoms. The highest BCUT2D eigenvalue weighted by Crippen LogP contribution is 2.21. The summed E-state index contributed by atoms with van der Waals surface area (Å²) in [6, 6.07) is 3.50. The Morgan fingerprint density at radius 3 is 2.75 bits per heavy atom. The zero-order valence-corrected chi connectivity index (χ0v) is 9.24. The van der Waals surface area contributed by atoms with Crippen molar-refractivity contribution in [1.82, 2.24) is 0 Å². The number of carboxylic acid groups (broad SMARTS) is 1. The summed E-state index contributed by atoms with van der Waals surface area (Å²) >= 11 is 0. The lowest BCUT2D eigenvalue weighted by molar-refractivity contribution is 0.0696. The molecule has 0 heterocycles. The number of unbranched alkanes of at least 4 members (excludes halogenated alkanes) is 1. The largest absolute Gasteiger partial charge is 0.478 e. The van der Waals surface area contributed by atoms with Crippen LogP contribution in [0.15, 0.2) is 18.2 Å². The van der Waals surface area contributed by atoms with E-state index in [0.29, 0.717) is 12.0 Å². The number of aromatic carboxylic acids is 1. The van der Waals surface area contributed by atoms with Crippen molar-refractivity contribution in [2.24, 2.45) is 5.73 Å². The maximum absolute atomic E-state index is 13.5. The average molecular weight is 225 g/mol. The Balaban J connectivity index is 2.85. The second-order valence-electron chi connectivity index (χ2n) is 3.79. The fourth-order valence-electron chi connectivity index (χ4n) is 1.54. The Hall–Kier alpha value is -1.42. The first-order valence-electron chi connectivity index (χ1n) is 5.34. The predicted octanol–water partition coefficient (Wildman–Crippen LogP) is 2.71. The summed E-state index contributed by atoms with van der Waals surface area (Å²) in [5.41, 5.74) is 6.16. The van der Waals surface area contributed by atoms with Gasteiger partial charge in [-0.2, -0.15) is 0 Å². The van der Waals surface area contributed by atoms with Crippen molar-refractivity contribution >= 4 is 5.97 Å². The number of carboxylic acids is 1. The molecule has 0 saturated carbocycles. The van der Waals surface area contributed by atoms with Crippen LogP contribution in [0, 0.1) is 5.82 Å². The lowest BCUT2D eigenvalue weighted by Gasteiger charge is -2.12. The first-order valence-corrected chi connectivity index (χ1v) is 5.34. The fourth-order valence-corrected chi connectivity index (χ4v) is 1.54. The third kappa shape index (κ3) is 3.03. The van der Waals surface area contributed by atoms with E-state index in [1.54, 1.807) is 0 Å². The topological polar surface area (TPSA) is 63.3 Å². The maximum Gasteiger partial charge on any atom is 0.335 e. The quantitative estimate of drug-likeness (QED) is 0.809. The van der Waals surface area contributed by atoms with Crippen molar-refractivity contribution in [2.45, 2.75) is 32.2 Å². The van der Waals surface area contributed by atoms with Crippen LogP contribution in [0.3, 0.4) is 0 Å². The summed E-state index contributed by atoms with van der Waals surface area (Å²) in [5, 5.41) is 8.68. The van der Waals surface area contributed by atoms with Gasteiger partial charge in [0.1, 0.15) is 5.82 Å². The summed E-state index contributed by atoms with van der Waals surface area (Å²) < 4.78 is 13.5. The number of benzene rings is 1. The SMILES string of the molecule is CCCCC(N)c1ccc(C(=O)O)cc1F. The lowest BCUT2D eigenvalue weighted by Crippen LogP contribution is -2.12. The van der Waals surface area contributed by atoms with Crippen LogP contribution in [0.4, 0.5) is 4.39 Å². The second-order valence-corrected chi connectivity index (χ2v) is 3.79. The van der Waals surface area contributed by atoms with Gasteiger partial charge in [0.05, 0.1) is 5.56 Å². The molecular formula is C12H16FNO2. The van der Waals surface area contributed by atoms with Gasteiger partial charge in [0.2, 0.25) is 0 Å². The van der Waals surface area contributed by atoms with Gasteiger partial charge in [-0.1, -0.05) is 25.8 Å². The van der Waals surface area contributed by atoms with E-state index in [9.17, 15) is 9.18 Å². The molecule has 0 aromatic heterocycles. The number of hydrogen-bond donors (Lipinski definition) is 2. The Morgan fingerprint density at radius 1 is 1.56 bits per heavy atom. The summed E-state index contributed by atoms with van der Waals surface area (Å²) in [6.45, 7) is 2.04. The average Bonchev–Trinajstić information content (AvgIpc) is 2.25. The highest BCUT2D eigenvalue weighted by molar-refractivity contribution is 5.87. The number of nitrogens with two attached hydrogens (primary N) is 1. The summed E-state index contributed by atoms with van der Waals surface area (Å²) in [6.07, 6.45) is 2.64.